The second-order valence-corrected chi connectivity index (χ2v) is 5.77. The van der Waals surface area contributed by atoms with Gasteiger partial charge in [-0.1, -0.05) is 19.9 Å². The summed E-state index contributed by atoms with van der Waals surface area (Å²) in [5.41, 5.74) is 1.06. The molecule has 0 radical (unpaired) electrons. The third-order valence-electron chi connectivity index (χ3n) is 3.72. The van der Waals surface area contributed by atoms with E-state index in [0.717, 1.165) is 31.7 Å². The van der Waals surface area contributed by atoms with Crippen molar-refractivity contribution < 1.29 is 14.3 Å². The molecule has 0 unspecified atom stereocenters. The van der Waals surface area contributed by atoms with E-state index < -0.39 is 5.97 Å². The number of anilines is 2. The standard InChI is InChI=1S/C19H24N4O3/c1-4-9-23(10-5-2)17-13-20-16(12-21-17)18(24)22-15-8-6-7-14(11-15)19(25)26-3/h6-8,11-13H,4-5,9-10H2,1-3H3,(H,22,24). The molecule has 2 rings (SSSR count). The van der Waals surface area contributed by atoms with E-state index in [9.17, 15) is 9.59 Å². The highest BCUT2D eigenvalue weighted by Gasteiger charge is 2.12. The third-order valence-corrected chi connectivity index (χ3v) is 3.72. The molecule has 0 aliphatic carbocycles. The first-order chi connectivity index (χ1) is 12.6. The van der Waals surface area contributed by atoms with E-state index in [1.165, 1.54) is 13.3 Å². The van der Waals surface area contributed by atoms with Gasteiger partial charge < -0.3 is 15.0 Å². The van der Waals surface area contributed by atoms with E-state index in [0.29, 0.717) is 11.3 Å². The van der Waals surface area contributed by atoms with Crippen LogP contribution in [0.4, 0.5) is 11.5 Å². The molecule has 1 heterocycles. The predicted octanol–water partition coefficient (Wildman–Crippen LogP) is 3.14. The Hall–Kier alpha value is -2.96. The summed E-state index contributed by atoms with van der Waals surface area (Å²) in [5.74, 6) is -0.0845. The molecule has 7 heteroatoms. The normalized spacial score (nSPS) is 10.3. The summed E-state index contributed by atoms with van der Waals surface area (Å²) in [6, 6.07) is 6.53. The van der Waals surface area contributed by atoms with Crippen molar-refractivity contribution in [3.05, 3.63) is 47.9 Å². The minimum Gasteiger partial charge on any atom is -0.465 e. The zero-order chi connectivity index (χ0) is 18.9. The largest absolute Gasteiger partial charge is 0.465 e. The Labute approximate surface area is 153 Å². The number of ether oxygens (including phenoxy) is 1. The van der Waals surface area contributed by atoms with Gasteiger partial charge in [-0.3, -0.25) is 4.79 Å². The van der Waals surface area contributed by atoms with Crippen LogP contribution in [0, 0.1) is 0 Å². The summed E-state index contributed by atoms with van der Waals surface area (Å²) < 4.78 is 4.68. The Bertz CT molecular complexity index is 741. The van der Waals surface area contributed by atoms with Crippen LogP contribution in [0.3, 0.4) is 0 Å². The monoisotopic (exact) mass is 356 g/mol. The van der Waals surface area contributed by atoms with Crippen molar-refractivity contribution in [1.29, 1.82) is 0 Å². The highest BCUT2D eigenvalue weighted by atomic mass is 16.5. The van der Waals surface area contributed by atoms with Crippen LogP contribution in [-0.4, -0.2) is 42.0 Å². The van der Waals surface area contributed by atoms with Crippen LogP contribution in [-0.2, 0) is 4.74 Å². The molecule has 0 bridgehead atoms. The molecule has 0 aliphatic heterocycles. The molecule has 26 heavy (non-hydrogen) atoms. The Morgan fingerprint density at radius 1 is 1.12 bits per heavy atom. The lowest BCUT2D eigenvalue weighted by atomic mass is 10.2. The van der Waals surface area contributed by atoms with Crippen molar-refractivity contribution in [1.82, 2.24) is 9.97 Å². The molecule has 0 atom stereocenters. The minimum atomic E-state index is -0.461. The maximum Gasteiger partial charge on any atom is 0.337 e. The molecule has 0 saturated heterocycles. The van der Waals surface area contributed by atoms with Gasteiger partial charge in [0.05, 0.1) is 25.1 Å². The molecule has 1 aromatic heterocycles. The van der Waals surface area contributed by atoms with Crippen LogP contribution in [0.1, 0.15) is 47.5 Å². The summed E-state index contributed by atoms with van der Waals surface area (Å²) in [4.78, 5) is 34.7. The van der Waals surface area contributed by atoms with Crippen molar-refractivity contribution in [2.24, 2.45) is 0 Å². The Morgan fingerprint density at radius 3 is 2.42 bits per heavy atom. The van der Waals surface area contributed by atoms with Crippen molar-refractivity contribution in [3.63, 3.8) is 0 Å². The number of esters is 1. The summed E-state index contributed by atoms with van der Waals surface area (Å²) in [7, 11) is 1.31. The number of hydrogen-bond acceptors (Lipinski definition) is 6. The van der Waals surface area contributed by atoms with Crippen LogP contribution in [0.2, 0.25) is 0 Å². The molecular formula is C19H24N4O3. The number of methoxy groups -OCH3 is 1. The van der Waals surface area contributed by atoms with Crippen molar-refractivity contribution in [3.8, 4) is 0 Å². The number of carbonyl (C=O) groups excluding carboxylic acids is 2. The Balaban J connectivity index is 2.09. The SMILES string of the molecule is CCCN(CCC)c1cnc(C(=O)Nc2cccc(C(=O)OC)c2)cn1. The summed E-state index contributed by atoms with van der Waals surface area (Å²) in [5, 5.41) is 2.71. The second-order valence-electron chi connectivity index (χ2n) is 5.77. The van der Waals surface area contributed by atoms with E-state index in [2.05, 4.69) is 38.8 Å². The average molecular weight is 356 g/mol. The molecule has 1 aromatic carbocycles. The van der Waals surface area contributed by atoms with Crippen LogP contribution < -0.4 is 10.2 Å². The molecule has 0 aliphatic rings. The first kappa shape index (κ1) is 19.4. The van der Waals surface area contributed by atoms with E-state index in [-0.39, 0.29) is 11.6 Å². The topological polar surface area (TPSA) is 84.4 Å². The van der Waals surface area contributed by atoms with Gasteiger partial charge >= 0.3 is 5.97 Å². The van der Waals surface area contributed by atoms with Gasteiger partial charge in [0.15, 0.2) is 0 Å². The number of rotatable bonds is 8. The summed E-state index contributed by atoms with van der Waals surface area (Å²) >= 11 is 0. The van der Waals surface area contributed by atoms with Crippen LogP contribution >= 0.6 is 0 Å². The smallest absolute Gasteiger partial charge is 0.337 e. The lowest BCUT2D eigenvalue weighted by Gasteiger charge is -2.22. The number of nitrogens with zero attached hydrogens (tertiary/aromatic N) is 3. The number of nitrogens with one attached hydrogen (secondary N) is 1. The maximum atomic E-state index is 12.4. The summed E-state index contributed by atoms with van der Waals surface area (Å²) in [6.07, 6.45) is 5.11. The van der Waals surface area contributed by atoms with Gasteiger partial charge in [0.1, 0.15) is 11.5 Å². The number of carbonyl (C=O) groups is 2. The Morgan fingerprint density at radius 2 is 1.85 bits per heavy atom. The highest BCUT2D eigenvalue weighted by molar-refractivity contribution is 6.03. The molecule has 1 amide bonds. The maximum absolute atomic E-state index is 12.4. The zero-order valence-corrected chi connectivity index (χ0v) is 15.4. The van der Waals surface area contributed by atoms with Gasteiger partial charge in [0, 0.05) is 18.8 Å². The fourth-order valence-electron chi connectivity index (χ4n) is 2.52. The minimum absolute atomic E-state index is 0.213. The first-order valence-corrected chi connectivity index (χ1v) is 8.65. The van der Waals surface area contributed by atoms with Crippen LogP contribution in [0.5, 0.6) is 0 Å². The van der Waals surface area contributed by atoms with E-state index in [1.807, 2.05) is 0 Å². The fraction of sp³-hybridized carbons (Fsp3) is 0.368. The molecule has 2 aromatic rings. The summed E-state index contributed by atoms with van der Waals surface area (Å²) in [6.45, 7) is 6.02. The van der Waals surface area contributed by atoms with Crippen LogP contribution in [0.15, 0.2) is 36.7 Å². The van der Waals surface area contributed by atoms with Gasteiger partial charge in [0.2, 0.25) is 0 Å². The molecule has 0 saturated carbocycles. The van der Waals surface area contributed by atoms with E-state index in [4.69, 9.17) is 0 Å². The van der Waals surface area contributed by atoms with Gasteiger partial charge in [-0.15, -0.1) is 0 Å². The molecule has 138 valence electrons. The second kappa shape index (κ2) is 9.50. The molecule has 0 spiro atoms. The molecule has 0 fully saturated rings. The number of aromatic nitrogens is 2. The number of amides is 1. The number of benzene rings is 1. The lowest BCUT2D eigenvalue weighted by Crippen LogP contribution is -2.26. The van der Waals surface area contributed by atoms with Crippen LogP contribution in [0.25, 0.3) is 0 Å². The highest BCUT2D eigenvalue weighted by Crippen LogP contribution is 2.14. The predicted molar refractivity (Wildman–Crippen MR) is 101 cm³/mol. The van der Waals surface area contributed by atoms with Gasteiger partial charge in [-0.2, -0.15) is 0 Å². The van der Waals surface area contributed by atoms with Crippen molar-refractivity contribution >= 4 is 23.4 Å². The molecule has 1 N–H and O–H groups in total. The van der Waals surface area contributed by atoms with E-state index in [1.54, 1.807) is 30.5 Å². The van der Waals surface area contributed by atoms with Crippen molar-refractivity contribution in [2.45, 2.75) is 26.7 Å². The molecular weight excluding hydrogens is 332 g/mol. The van der Waals surface area contributed by atoms with Crippen molar-refractivity contribution in [2.75, 3.05) is 30.4 Å². The number of hydrogen-bond donors (Lipinski definition) is 1. The lowest BCUT2D eigenvalue weighted by molar-refractivity contribution is 0.0600. The van der Waals surface area contributed by atoms with Gasteiger partial charge in [-0.25, -0.2) is 14.8 Å². The van der Waals surface area contributed by atoms with Gasteiger partial charge in [-0.05, 0) is 31.0 Å². The van der Waals surface area contributed by atoms with E-state index >= 15 is 0 Å². The fourth-order valence-corrected chi connectivity index (χ4v) is 2.52. The zero-order valence-electron chi connectivity index (χ0n) is 15.4. The third kappa shape index (κ3) is 5.02. The molecule has 7 nitrogen and oxygen atoms in total. The quantitative estimate of drug-likeness (QED) is 0.732. The average Bonchev–Trinajstić information content (AvgIpc) is 2.67. The first-order valence-electron chi connectivity index (χ1n) is 8.65. The van der Waals surface area contributed by atoms with Gasteiger partial charge in [0.25, 0.3) is 5.91 Å². The Kier molecular flexibility index (Phi) is 7.08.